The van der Waals surface area contributed by atoms with Crippen molar-refractivity contribution in [2.24, 2.45) is 45.3 Å². The molecule has 3 nitrogen and oxygen atoms in total. The number of carbonyl (C=O) groups is 1. The fraction of sp³-hybridized carbons (Fsp3) is 0.906. The molecule has 2 N–H and O–H groups in total. The summed E-state index contributed by atoms with van der Waals surface area (Å²) in [6.07, 6.45) is 14.0. The highest BCUT2D eigenvalue weighted by atomic mass is 16.4. The van der Waals surface area contributed by atoms with Gasteiger partial charge in [0.1, 0.15) is 0 Å². The van der Waals surface area contributed by atoms with Crippen LogP contribution < -0.4 is 0 Å². The van der Waals surface area contributed by atoms with E-state index in [0.29, 0.717) is 24.2 Å². The Labute approximate surface area is 215 Å². The minimum absolute atomic E-state index is 0.0519. The third-order valence-electron chi connectivity index (χ3n) is 12.4. The number of allylic oxidation sites excluding steroid dienone is 2. The maximum absolute atomic E-state index is 11.9. The number of hydrogen-bond acceptors (Lipinski definition) is 2. The van der Waals surface area contributed by atoms with E-state index in [-0.39, 0.29) is 27.8 Å². The van der Waals surface area contributed by atoms with Gasteiger partial charge < -0.3 is 10.2 Å². The summed E-state index contributed by atoms with van der Waals surface area (Å²) in [5.41, 5.74) is 3.77. The van der Waals surface area contributed by atoms with E-state index < -0.39 is 5.97 Å². The fourth-order valence-corrected chi connectivity index (χ4v) is 10.3. The lowest BCUT2D eigenvalue weighted by Crippen LogP contribution is -2.55. The molecule has 4 rings (SSSR count). The molecule has 3 heteroatoms. The molecule has 0 saturated heterocycles. The summed E-state index contributed by atoms with van der Waals surface area (Å²) in [5.74, 6) is 2.07. The van der Waals surface area contributed by atoms with Gasteiger partial charge in [-0.15, -0.1) is 0 Å². The SMILES string of the molecule is CC(C)CCC[C@@H](C)[C@H]1CC[C@@]2(CCC(=O)O)C3=C(CC[C@]12C)[C@@]1(C)CC[C@H](O)C(C)(C)[C@@H]1CC3. The smallest absolute Gasteiger partial charge is 0.303 e. The Kier molecular flexibility index (Phi) is 7.37. The van der Waals surface area contributed by atoms with Crippen LogP contribution in [0.2, 0.25) is 0 Å². The third kappa shape index (κ3) is 4.24. The Balaban J connectivity index is 1.72. The van der Waals surface area contributed by atoms with Crippen LogP contribution in [0.25, 0.3) is 0 Å². The molecule has 0 spiro atoms. The first-order valence-corrected chi connectivity index (χ1v) is 14.9. The zero-order chi connectivity index (χ0) is 25.8. The van der Waals surface area contributed by atoms with E-state index >= 15 is 0 Å². The number of aliphatic hydroxyl groups is 1. The molecule has 0 unspecified atom stereocenters. The van der Waals surface area contributed by atoms with Gasteiger partial charge in [0.15, 0.2) is 0 Å². The second-order valence-corrected chi connectivity index (χ2v) is 14.7. The van der Waals surface area contributed by atoms with E-state index in [9.17, 15) is 15.0 Å². The predicted octanol–water partition coefficient (Wildman–Crippen LogP) is 8.40. The van der Waals surface area contributed by atoms with Crippen LogP contribution in [-0.4, -0.2) is 22.3 Å². The molecule has 0 aliphatic heterocycles. The van der Waals surface area contributed by atoms with E-state index in [1.54, 1.807) is 11.1 Å². The van der Waals surface area contributed by atoms with E-state index in [0.717, 1.165) is 38.0 Å². The van der Waals surface area contributed by atoms with Gasteiger partial charge in [0.25, 0.3) is 0 Å². The second kappa shape index (κ2) is 9.48. The summed E-state index contributed by atoms with van der Waals surface area (Å²) in [6.45, 7) is 16.8. The van der Waals surface area contributed by atoms with Gasteiger partial charge in [-0.25, -0.2) is 0 Å². The topological polar surface area (TPSA) is 57.5 Å². The summed E-state index contributed by atoms with van der Waals surface area (Å²) in [5, 5.41) is 20.7. The zero-order valence-electron chi connectivity index (χ0n) is 23.9. The number of carboxylic acid groups (broad SMARTS) is 1. The molecule has 0 heterocycles. The fourth-order valence-electron chi connectivity index (χ4n) is 10.3. The Morgan fingerprint density at radius 1 is 0.943 bits per heavy atom. The first-order valence-electron chi connectivity index (χ1n) is 14.9. The Morgan fingerprint density at radius 3 is 2.31 bits per heavy atom. The maximum atomic E-state index is 11.9. The summed E-state index contributed by atoms with van der Waals surface area (Å²) >= 11 is 0. The minimum Gasteiger partial charge on any atom is -0.481 e. The van der Waals surface area contributed by atoms with Crippen molar-refractivity contribution in [1.29, 1.82) is 0 Å². The lowest BCUT2D eigenvalue weighted by Gasteiger charge is -2.62. The van der Waals surface area contributed by atoms with Crippen LogP contribution in [0.4, 0.5) is 0 Å². The molecular formula is C32H54O3. The van der Waals surface area contributed by atoms with Crippen molar-refractivity contribution in [2.45, 2.75) is 138 Å². The lowest BCUT2D eigenvalue weighted by atomic mass is 9.42. The molecule has 2 fully saturated rings. The van der Waals surface area contributed by atoms with Crippen LogP contribution >= 0.6 is 0 Å². The number of aliphatic hydroxyl groups excluding tert-OH is 1. The molecule has 0 aromatic rings. The average molecular weight is 487 g/mol. The average Bonchev–Trinajstić information content (AvgIpc) is 3.08. The van der Waals surface area contributed by atoms with Gasteiger partial charge in [0, 0.05) is 6.42 Å². The summed E-state index contributed by atoms with van der Waals surface area (Å²) in [6, 6.07) is 0. The van der Waals surface area contributed by atoms with E-state index in [1.807, 2.05) is 0 Å². The summed E-state index contributed by atoms with van der Waals surface area (Å²) < 4.78 is 0. The largest absolute Gasteiger partial charge is 0.481 e. The number of rotatable bonds is 8. The number of aliphatic carboxylic acids is 1. The second-order valence-electron chi connectivity index (χ2n) is 14.7. The first-order chi connectivity index (χ1) is 16.3. The molecule has 4 aliphatic carbocycles. The molecule has 2 saturated carbocycles. The van der Waals surface area contributed by atoms with Crippen molar-refractivity contribution in [2.75, 3.05) is 0 Å². The van der Waals surface area contributed by atoms with Gasteiger partial charge in [-0.3, -0.25) is 4.79 Å². The summed E-state index contributed by atoms with van der Waals surface area (Å²) in [7, 11) is 0. The van der Waals surface area contributed by atoms with Crippen molar-refractivity contribution in [3.05, 3.63) is 11.1 Å². The molecule has 7 atom stereocenters. The highest BCUT2D eigenvalue weighted by Crippen LogP contribution is 2.73. The maximum Gasteiger partial charge on any atom is 0.303 e. The molecular weight excluding hydrogens is 432 g/mol. The van der Waals surface area contributed by atoms with Crippen molar-refractivity contribution in [3.8, 4) is 0 Å². The Hall–Kier alpha value is -0.830. The standard InChI is InChI=1S/C32H54O3/c1-21(2)9-8-10-22(3)23-14-19-32(20-16-28(34)35)25-11-12-26-29(4,5)27(33)15-17-30(26,6)24(25)13-18-31(23,32)7/h21-23,26-27,33H,8-20H2,1-7H3,(H,34,35)/t22-,23-,26+,27+,30-,31-,32-/m1/s1. The highest BCUT2D eigenvalue weighted by molar-refractivity contribution is 5.67. The molecule has 0 aromatic carbocycles. The molecule has 0 bridgehead atoms. The minimum atomic E-state index is -0.635. The van der Waals surface area contributed by atoms with Crippen LogP contribution in [0, 0.1) is 45.3 Å². The van der Waals surface area contributed by atoms with Gasteiger partial charge in [-0.05, 0) is 103 Å². The molecule has 0 aromatic heterocycles. The summed E-state index contributed by atoms with van der Waals surface area (Å²) in [4.78, 5) is 11.9. The Bertz CT molecular complexity index is 840. The zero-order valence-corrected chi connectivity index (χ0v) is 23.9. The van der Waals surface area contributed by atoms with Gasteiger partial charge in [0.05, 0.1) is 6.10 Å². The molecule has 0 amide bonds. The van der Waals surface area contributed by atoms with Crippen molar-refractivity contribution >= 4 is 5.97 Å². The van der Waals surface area contributed by atoms with Gasteiger partial charge in [-0.1, -0.05) is 78.9 Å². The van der Waals surface area contributed by atoms with Crippen LogP contribution in [0.1, 0.15) is 132 Å². The van der Waals surface area contributed by atoms with E-state index in [1.165, 1.54) is 44.9 Å². The molecule has 200 valence electrons. The van der Waals surface area contributed by atoms with Gasteiger partial charge in [-0.2, -0.15) is 0 Å². The lowest BCUT2D eigenvalue weighted by molar-refractivity contribution is -0.138. The van der Waals surface area contributed by atoms with E-state index in [4.69, 9.17) is 0 Å². The Morgan fingerprint density at radius 2 is 1.66 bits per heavy atom. The van der Waals surface area contributed by atoms with Gasteiger partial charge >= 0.3 is 5.97 Å². The van der Waals surface area contributed by atoms with Crippen LogP contribution in [-0.2, 0) is 4.79 Å². The highest BCUT2D eigenvalue weighted by Gasteiger charge is 2.64. The van der Waals surface area contributed by atoms with Crippen LogP contribution in [0.5, 0.6) is 0 Å². The molecule has 4 aliphatic rings. The van der Waals surface area contributed by atoms with Crippen molar-refractivity contribution in [1.82, 2.24) is 0 Å². The van der Waals surface area contributed by atoms with E-state index in [2.05, 4.69) is 48.5 Å². The monoisotopic (exact) mass is 486 g/mol. The quantitative estimate of drug-likeness (QED) is 0.339. The molecule has 0 radical (unpaired) electrons. The molecule has 35 heavy (non-hydrogen) atoms. The number of fused-ring (bicyclic) bond motifs is 4. The number of carboxylic acids is 1. The predicted molar refractivity (Wildman–Crippen MR) is 144 cm³/mol. The van der Waals surface area contributed by atoms with Crippen molar-refractivity contribution in [3.63, 3.8) is 0 Å². The van der Waals surface area contributed by atoms with Crippen molar-refractivity contribution < 1.29 is 15.0 Å². The number of hydrogen-bond donors (Lipinski definition) is 2. The van der Waals surface area contributed by atoms with Crippen LogP contribution in [0.3, 0.4) is 0 Å². The van der Waals surface area contributed by atoms with Gasteiger partial charge in [0.2, 0.25) is 0 Å². The normalized spacial score (nSPS) is 41.3. The first kappa shape index (κ1) is 27.2. The third-order valence-corrected chi connectivity index (χ3v) is 12.4. The van der Waals surface area contributed by atoms with Crippen LogP contribution in [0.15, 0.2) is 11.1 Å².